The van der Waals surface area contributed by atoms with E-state index in [1.54, 1.807) is 16.7 Å². The molecule has 4 nitrogen and oxygen atoms in total. The van der Waals surface area contributed by atoms with Crippen molar-refractivity contribution < 1.29 is 4.79 Å². The van der Waals surface area contributed by atoms with Crippen molar-refractivity contribution in [1.82, 2.24) is 9.88 Å². The Hall–Kier alpha value is -2.88. The van der Waals surface area contributed by atoms with E-state index in [2.05, 4.69) is 5.32 Å². The number of amides is 1. The van der Waals surface area contributed by atoms with Crippen LogP contribution in [0.25, 0.3) is 10.8 Å². The average Bonchev–Trinajstić information content (AvgIpc) is 2.62. The minimum Gasteiger partial charge on any atom is -0.351 e. The number of rotatable bonds is 5. The lowest BCUT2D eigenvalue weighted by atomic mass is 10.1. The number of aromatic nitrogens is 1. The Labute approximate surface area is 140 Å². The van der Waals surface area contributed by atoms with Crippen LogP contribution < -0.4 is 10.9 Å². The highest BCUT2D eigenvalue weighted by Gasteiger charge is 2.14. The summed E-state index contributed by atoms with van der Waals surface area (Å²) in [6.45, 7) is 2.87. The lowest BCUT2D eigenvalue weighted by Crippen LogP contribution is -2.32. The number of pyridine rings is 1. The van der Waals surface area contributed by atoms with Gasteiger partial charge >= 0.3 is 0 Å². The van der Waals surface area contributed by atoms with Gasteiger partial charge in [0.15, 0.2) is 0 Å². The van der Waals surface area contributed by atoms with Crippen molar-refractivity contribution in [2.75, 3.05) is 6.54 Å². The number of nitrogens with zero attached hydrogens (tertiary/aromatic N) is 1. The lowest BCUT2D eigenvalue weighted by Gasteiger charge is -2.14. The van der Waals surface area contributed by atoms with Gasteiger partial charge in [-0.25, -0.2) is 0 Å². The number of carbonyl (C=O) groups excluding carboxylic acids is 1. The first-order valence-corrected chi connectivity index (χ1v) is 8.15. The number of fused-ring (bicyclic) bond motifs is 1. The van der Waals surface area contributed by atoms with Crippen molar-refractivity contribution in [3.63, 3.8) is 0 Å². The van der Waals surface area contributed by atoms with Crippen LogP contribution in [0.4, 0.5) is 0 Å². The number of aryl methyl sites for hydroxylation is 1. The van der Waals surface area contributed by atoms with Gasteiger partial charge in [0.05, 0.1) is 0 Å². The summed E-state index contributed by atoms with van der Waals surface area (Å²) in [5.74, 6) is -0.214. The second kappa shape index (κ2) is 7.13. The van der Waals surface area contributed by atoms with Gasteiger partial charge in [0.25, 0.3) is 11.5 Å². The van der Waals surface area contributed by atoms with Gasteiger partial charge in [-0.1, -0.05) is 48.5 Å². The zero-order valence-electron chi connectivity index (χ0n) is 13.7. The van der Waals surface area contributed by atoms with E-state index in [-0.39, 0.29) is 11.5 Å². The number of nitrogens with one attached hydrogen (secondary N) is 1. The third-order valence-electron chi connectivity index (χ3n) is 4.06. The molecule has 0 atom stereocenters. The second-order valence-electron chi connectivity index (χ2n) is 5.67. The largest absolute Gasteiger partial charge is 0.351 e. The predicted molar refractivity (Wildman–Crippen MR) is 96.4 cm³/mol. The monoisotopic (exact) mass is 320 g/mol. The van der Waals surface area contributed by atoms with Crippen LogP contribution in [0, 0.1) is 0 Å². The van der Waals surface area contributed by atoms with Gasteiger partial charge in [0.2, 0.25) is 0 Å². The van der Waals surface area contributed by atoms with Crippen molar-refractivity contribution in [1.29, 1.82) is 0 Å². The molecule has 0 saturated heterocycles. The first-order chi connectivity index (χ1) is 11.7. The molecular formula is C20H20N2O2. The minimum absolute atomic E-state index is 0.120. The first kappa shape index (κ1) is 16.0. The van der Waals surface area contributed by atoms with Crippen molar-refractivity contribution in [2.45, 2.75) is 19.9 Å². The van der Waals surface area contributed by atoms with E-state index in [1.165, 1.54) is 0 Å². The average molecular weight is 320 g/mol. The molecule has 0 saturated carbocycles. The van der Waals surface area contributed by atoms with E-state index < -0.39 is 0 Å². The van der Waals surface area contributed by atoms with Gasteiger partial charge in [0, 0.05) is 18.5 Å². The maximum absolute atomic E-state index is 12.9. The molecule has 1 aromatic heterocycles. The maximum Gasteiger partial charge on any atom is 0.268 e. The number of hydrogen-bond donors (Lipinski definition) is 1. The second-order valence-corrected chi connectivity index (χ2v) is 5.67. The van der Waals surface area contributed by atoms with Crippen molar-refractivity contribution in [3.05, 3.63) is 82.3 Å². The Kier molecular flexibility index (Phi) is 4.75. The molecule has 0 spiro atoms. The van der Waals surface area contributed by atoms with E-state index >= 15 is 0 Å². The van der Waals surface area contributed by atoms with Gasteiger partial charge in [-0.3, -0.25) is 9.59 Å². The van der Waals surface area contributed by atoms with Crippen LogP contribution in [0.3, 0.4) is 0 Å². The Balaban J connectivity index is 2.05. The summed E-state index contributed by atoms with van der Waals surface area (Å²) in [7, 11) is 0. The zero-order chi connectivity index (χ0) is 16.9. The molecule has 2 aromatic carbocycles. The molecule has 0 aliphatic rings. The Morgan fingerprint density at radius 2 is 1.75 bits per heavy atom. The van der Waals surface area contributed by atoms with Gasteiger partial charge in [-0.05, 0) is 36.4 Å². The molecule has 0 bridgehead atoms. The Morgan fingerprint density at radius 3 is 2.50 bits per heavy atom. The molecule has 1 amide bonds. The fraction of sp³-hybridized carbons (Fsp3) is 0.200. The highest BCUT2D eigenvalue weighted by molar-refractivity contribution is 5.96. The molecule has 0 aliphatic heterocycles. The van der Waals surface area contributed by atoms with Crippen LogP contribution in [-0.4, -0.2) is 17.0 Å². The minimum atomic E-state index is -0.214. The fourth-order valence-corrected chi connectivity index (χ4v) is 2.84. The van der Waals surface area contributed by atoms with E-state index in [4.69, 9.17) is 0 Å². The van der Waals surface area contributed by atoms with E-state index in [1.807, 2.05) is 55.5 Å². The Morgan fingerprint density at radius 1 is 1.04 bits per heavy atom. The van der Waals surface area contributed by atoms with Crippen molar-refractivity contribution in [3.8, 4) is 0 Å². The molecule has 122 valence electrons. The van der Waals surface area contributed by atoms with Crippen LogP contribution in [0.5, 0.6) is 0 Å². The molecule has 4 heteroatoms. The van der Waals surface area contributed by atoms with Crippen LogP contribution in [0.1, 0.15) is 23.0 Å². The standard InChI is InChI=1S/C20H20N2O2/c1-2-21-19(23)18-14-16-10-6-7-11-17(16)20(24)22(18)13-12-15-8-4-3-5-9-15/h3-11,14H,2,12-13H2,1H3,(H,21,23). The highest BCUT2D eigenvalue weighted by Crippen LogP contribution is 2.13. The SMILES string of the molecule is CCNC(=O)c1cc2ccccc2c(=O)n1CCc1ccccc1. The summed E-state index contributed by atoms with van der Waals surface area (Å²) >= 11 is 0. The molecule has 1 heterocycles. The molecule has 0 unspecified atom stereocenters. The summed E-state index contributed by atoms with van der Waals surface area (Å²) in [4.78, 5) is 25.3. The van der Waals surface area contributed by atoms with Gasteiger partial charge in [-0.15, -0.1) is 0 Å². The van der Waals surface area contributed by atoms with E-state index in [9.17, 15) is 9.59 Å². The molecule has 0 fully saturated rings. The number of hydrogen-bond acceptors (Lipinski definition) is 2. The van der Waals surface area contributed by atoms with Crippen LogP contribution in [0.2, 0.25) is 0 Å². The summed E-state index contributed by atoms with van der Waals surface area (Å²) in [6, 6.07) is 19.1. The molecule has 0 radical (unpaired) electrons. The summed E-state index contributed by atoms with van der Waals surface area (Å²) < 4.78 is 1.58. The Bertz CT molecular complexity index is 914. The topological polar surface area (TPSA) is 51.1 Å². The number of carbonyl (C=O) groups is 1. The first-order valence-electron chi connectivity index (χ1n) is 8.15. The molecule has 1 N–H and O–H groups in total. The molecule has 0 aliphatic carbocycles. The quantitative estimate of drug-likeness (QED) is 0.786. The highest BCUT2D eigenvalue weighted by atomic mass is 16.2. The van der Waals surface area contributed by atoms with Gasteiger partial charge in [0.1, 0.15) is 5.69 Å². The third-order valence-corrected chi connectivity index (χ3v) is 4.06. The number of benzene rings is 2. The van der Waals surface area contributed by atoms with Crippen LogP contribution in [0.15, 0.2) is 65.5 Å². The van der Waals surface area contributed by atoms with E-state index in [0.29, 0.717) is 30.6 Å². The molecule has 24 heavy (non-hydrogen) atoms. The third kappa shape index (κ3) is 3.23. The lowest BCUT2D eigenvalue weighted by molar-refractivity contribution is 0.0945. The van der Waals surface area contributed by atoms with Crippen LogP contribution >= 0.6 is 0 Å². The molecule has 3 rings (SSSR count). The molecule has 3 aromatic rings. The summed E-state index contributed by atoms with van der Waals surface area (Å²) in [5.41, 5.74) is 1.43. The van der Waals surface area contributed by atoms with Gasteiger partial charge in [-0.2, -0.15) is 0 Å². The normalized spacial score (nSPS) is 10.7. The summed E-state index contributed by atoms with van der Waals surface area (Å²) in [6.07, 6.45) is 0.700. The van der Waals surface area contributed by atoms with Crippen LogP contribution in [-0.2, 0) is 13.0 Å². The van der Waals surface area contributed by atoms with E-state index in [0.717, 1.165) is 10.9 Å². The maximum atomic E-state index is 12.9. The zero-order valence-corrected chi connectivity index (χ0v) is 13.7. The predicted octanol–water partition coefficient (Wildman–Crippen LogP) is 2.99. The molecular weight excluding hydrogens is 300 g/mol. The summed E-state index contributed by atoms with van der Waals surface area (Å²) in [5, 5.41) is 4.22. The fourth-order valence-electron chi connectivity index (χ4n) is 2.84. The van der Waals surface area contributed by atoms with Crippen molar-refractivity contribution in [2.24, 2.45) is 0 Å². The smallest absolute Gasteiger partial charge is 0.268 e. The van der Waals surface area contributed by atoms with Crippen molar-refractivity contribution >= 4 is 16.7 Å². The van der Waals surface area contributed by atoms with Gasteiger partial charge < -0.3 is 9.88 Å².